The van der Waals surface area contributed by atoms with Crippen LogP contribution < -0.4 is 0 Å². The molecule has 0 aliphatic rings. The number of nitrogens with zero attached hydrogens (tertiary/aromatic N) is 2. The van der Waals surface area contributed by atoms with Crippen molar-refractivity contribution >= 4 is 27.5 Å². The van der Waals surface area contributed by atoms with Gasteiger partial charge in [-0.1, -0.05) is 11.6 Å². The van der Waals surface area contributed by atoms with Crippen LogP contribution in [0.1, 0.15) is 1.37 Å². The molecule has 0 N–H and O–H groups in total. The quantitative estimate of drug-likeness (QED) is 0.630. The number of hydrogen-bond donors (Lipinski definition) is 0. The molecular formula is C4H2BrClN2. The topological polar surface area (TPSA) is 25.8 Å². The molecule has 8 heavy (non-hydrogen) atoms. The van der Waals surface area contributed by atoms with E-state index in [1.807, 2.05) is 0 Å². The van der Waals surface area contributed by atoms with Gasteiger partial charge in [0.1, 0.15) is 0 Å². The standard InChI is InChI=1S/C4H2BrClN2/c5-3-1-2-7-8-4(3)6/h1-2H/i1D. The largest absolute Gasteiger partial charge is 0.165 e. The van der Waals surface area contributed by atoms with E-state index in [-0.39, 0.29) is 11.2 Å². The van der Waals surface area contributed by atoms with Crippen molar-refractivity contribution in [1.29, 1.82) is 0 Å². The van der Waals surface area contributed by atoms with E-state index >= 15 is 0 Å². The summed E-state index contributed by atoms with van der Waals surface area (Å²) in [6.45, 7) is 0. The van der Waals surface area contributed by atoms with E-state index in [2.05, 4.69) is 26.1 Å². The van der Waals surface area contributed by atoms with Gasteiger partial charge in [0.05, 0.1) is 12.0 Å². The van der Waals surface area contributed by atoms with Crippen molar-refractivity contribution in [3.63, 3.8) is 0 Å². The van der Waals surface area contributed by atoms with E-state index in [1.54, 1.807) is 0 Å². The Kier molecular flexibility index (Phi) is 1.42. The highest BCUT2D eigenvalue weighted by Crippen LogP contribution is 2.16. The van der Waals surface area contributed by atoms with E-state index in [9.17, 15) is 0 Å². The third kappa shape index (κ3) is 1.17. The molecule has 0 unspecified atom stereocenters. The van der Waals surface area contributed by atoms with Crippen LogP contribution >= 0.6 is 27.5 Å². The first-order valence-electron chi connectivity index (χ1n) is 2.35. The zero-order valence-corrected chi connectivity index (χ0v) is 6.07. The second-order valence-electron chi connectivity index (χ2n) is 1.09. The van der Waals surface area contributed by atoms with Crippen LogP contribution in [0.3, 0.4) is 0 Å². The van der Waals surface area contributed by atoms with Crippen LogP contribution in [0.25, 0.3) is 0 Å². The van der Waals surface area contributed by atoms with E-state index in [0.717, 1.165) is 0 Å². The van der Waals surface area contributed by atoms with Gasteiger partial charge in [0, 0.05) is 0 Å². The van der Waals surface area contributed by atoms with Crippen molar-refractivity contribution in [1.82, 2.24) is 10.2 Å². The van der Waals surface area contributed by atoms with E-state index in [1.165, 1.54) is 6.20 Å². The van der Waals surface area contributed by atoms with Crippen molar-refractivity contribution in [3.8, 4) is 0 Å². The molecule has 1 rings (SSSR count). The first-order chi connectivity index (χ1) is 4.22. The van der Waals surface area contributed by atoms with Crippen LogP contribution in [0.15, 0.2) is 16.7 Å². The predicted molar refractivity (Wildman–Crippen MR) is 34.7 cm³/mol. The summed E-state index contributed by atoms with van der Waals surface area (Å²) in [7, 11) is 0. The van der Waals surface area contributed by atoms with Gasteiger partial charge in [-0.15, -0.1) is 5.10 Å². The van der Waals surface area contributed by atoms with Gasteiger partial charge >= 0.3 is 0 Å². The monoisotopic (exact) mass is 193 g/mol. The van der Waals surface area contributed by atoms with Gasteiger partial charge in [0.2, 0.25) is 0 Å². The second kappa shape index (κ2) is 2.42. The molecule has 42 valence electrons. The molecule has 0 radical (unpaired) electrons. The van der Waals surface area contributed by atoms with Crippen molar-refractivity contribution in [2.24, 2.45) is 0 Å². The molecule has 1 aromatic rings. The smallest absolute Gasteiger partial charge is 0.158 e. The summed E-state index contributed by atoms with van der Waals surface area (Å²) >= 11 is 8.53. The Labute approximate surface area is 61.4 Å². The predicted octanol–water partition coefficient (Wildman–Crippen LogP) is 1.89. The molecule has 2 nitrogen and oxygen atoms in total. The lowest BCUT2D eigenvalue weighted by atomic mass is 10.6. The fourth-order valence-electron chi connectivity index (χ4n) is 0.269. The van der Waals surface area contributed by atoms with Gasteiger partial charge in [-0.2, -0.15) is 5.10 Å². The Hall–Kier alpha value is -0.150. The lowest BCUT2D eigenvalue weighted by Gasteiger charge is -1.86. The highest BCUT2D eigenvalue weighted by molar-refractivity contribution is 9.10. The maximum Gasteiger partial charge on any atom is 0.165 e. The van der Waals surface area contributed by atoms with E-state index < -0.39 is 0 Å². The highest BCUT2D eigenvalue weighted by Gasteiger charge is 1.92. The fourth-order valence-corrected chi connectivity index (χ4v) is 0.548. The summed E-state index contributed by atoms with van der Waals surface area (Å²) < 4.78 is 7.61. The van der Waals surface area contributed by atoms with Crippen LogP contribution in [0.5, 0.6) is 0 Å². The summed E-state index contributed by atoms with van der Waals surface area (Å²) in [6, 6.07) is 0.245. The van der Waals surface area contributed by atoms with Gasteiger partial charge in [-0.3, -0.25) is 0 Å². The molecule has 0 fully saturated rings. The normalized spacial score (nSPS) is 11.0. The Morgan fingerprint density at radius 2 is 2.62 bits per heavy atom. The van der Waals surface area contributed by atoms with Gasteiger partial charge in [-0.25, -0.2) is 0 Å². The molecule has 4 heteroatoms. The number of hydrogen-bond acceptors (Lipinski definition) is 2. The molecular weight excluding hydrogens is 191 g/mol. The molecule has 0 bridgehead atoms. The van der Waals surface area contributed by atoms with Gasteiger partial charge in [-0.05, 0) is 22.0 Å². The average Bonchev–Trinajstić information content (AvgIpc) is 1.83. The third-order valence-electron chi connectivity index (χ3n) is 0.576. The van der Waals surface area contributed by atoms with Crippen molar-refractivity contribution in [2.45, 2.75) is 0 Å². The van der Waals surface area contributed by atoms with Crippen LogP contribution in [0.4, 0.5) is 0 Å². The SMILES string of the molecule is [2H]c1cnnc(Cl)c1Br. The third-order valence-corrected chi connectivity index (χ3v) is 1.67. The molecule has 0 aliphatic heterocycles. The zero-order chi connectivity index (χ0) is 6.85. The average molecular weight is 194 g/mol. The minimum absolute atomic E-state index is 0.225. The lowest BCUT2D eigenvalue weighted by Crippen LogP contribution is -1.78. The molecule has 1 aromatic heterocycles. The summed E-state index contributed by atoms with van der Waals surface area (Å²) in [5.74, 6) is 0. The fraction of sp³-hybridized carbons (Fsp3) is 0. The molecule has 0 aromatic carbocycles. The van der Waals surface area contributed by atoms with Crippen molar-refractivity contribution in [2.75, 3.05) is 0 Å². The summed E-state index contributed by atoms with van der Waals surface area (Å²) in [4.78, 5) is 0. The molecule has 1 heterocycles. The Morgan fingerprint density at radius 3 is 3.12 bits per heavy atom. The first kappa shape index (κ1) is 4.70. The summed E-state index contributed by atoms with van der Waals surface area (Å²) in [6.07, 6.45) is 1.32. The Bertz CT molecular complexity index is 210. The zero-order valence-electron chi connectivity index (χ0n) is 4.73. The van der Waals surface area contributed by atoms with Crippen molar-refractivity contribution in [3.05, 3.63) is 21.9 Å². The van der Waals surface area contributed by atoms with Crippen LogP contribution in [-0.4, -0.2) is 10.2 Å². The van der Waals surface area contributed by atoms with E-state index in [4.69, 9.17) is 13.0 Å². The first-order valence-corrected chi connectivity index (χ1v) is 3.02. The molecule has 0 saturated carbocycles. The minimum Gasteiger partial charge on any atom is -0.158 e. The van der Waals surface area contributed by atoms with E-state index in [0.29, 0.717) is 4.47 Å². The molecule has 0 saturated heterocycles. The van der Waals surface area contributed by atoms with Crippen LogP contribution in [0.2, 0.25) is 5.15 Å². The van der Waals surface area contributed by atoms with Gasteiger partial charge in [0.15, 0.2) is 5.15 Å². The molecule has 0 atom stereocenters. The van der Waals surface area contributed by atoms with Crippen molar-refractivity contribution < 1.29 is 1.37 Å². The van der Waals surface area contributed by atoms with Crippen LogP contribution in [0, 0.1) is 0 Å². The summed E-state index contributed by atoms with van der Waals surface area (Å²) in [5.41, 5.74) is 0. The Morgan fingerprint density at radius 1 is 1.88 bits per heavy atom. The summed E-state index contributed by atoms with van der Waals surface area (Å²) in [5, 5.41) is 7.16. The molecule has 0 spiro atoms. The Balaban J connectivity index is 3.25. The number of aromatic nitrogens is 2. The molecule has 0 amide bonds. The minimum atomic E-state index is 0.225. The van der Waals surface area contributed by atoms with Gasteiger partial charge < -0.3 is 0 Å². The maximum absolute atomic E-state index is 7.13. The molecule has 0 aliphatic carbocycles. The highest BCUT2D eigenvalue weighted by atomic mass is 79.9. The maximum atomic E-state index is 7.13. The van der Waals surface area contributed by atoms with Gasteiger partial charge in [0.25, 0.3) is 0 Å². The lowest BCUT2D eigenvalue weighted by molar-refractivity contribution is 1.02. The number of halogens is 2. The van der Waals surface area contributed by atoms with Crippen LogP contribution in [-0.2, 0) is 0 Å². The number of rotatable bonds is 0. The second-order valence-corrected chi connectivity index (χ2v) is 2.24.